The summed E-state index contributed by atoms with van der Waals surface area (Å²) < 4.78 is 10.5. The SMILES string of the molecule is O=C1CC[C@H](C(=O)NCc2ccc3c(c2)OCO3)N1. The lowest BCUT2D eigenvalue weighted by molar-refractivity contribution is -0.125. The zero-order chi connectivity index (χ0) is 13.2. The Morgan fingerprint density at radius 2 is 2.21 bits per heavy atom. The number of carbonyl (C=O) groups is 2. The number of amides is 2. The molecule has 0 aliphatic carbocycles. The molecule has 1 aromatic rings. The third-order valence-electron chi connectivity index (χ3n) is 3.22. The largest absolute Gasteiger partial charge is 0.454 e. The van der Waals surface area contributed by atoms with Gasteiger partial charge in [-0.2, -0.15) is 0 Å². The molecule has 1 saturated heterocycles. The van der Waals surface area contributed by atoms with E-state index in [9.17, 15) is 9.59 Å². The standard InChI is InChI=1S/C13H14N2O4/c16-12-4-2-9(15-12)13(17)14-6-8-1-3-10-11(5-8)19-7-18-10/h1,3,5,9H,2,4,6-7H2,(H,14,17)(H,15,16)/t9-/m1/s1. The molecule has 1 atom stereocenters. The minimum atomic E-state index is -0.401. The first kappa shape index (κ1) is 11.8. The van der Waals surface area contributed by atoms with Gasteiger partial charge in [0.25, 0.3) is 0 Å². The summed E-state index contributed by atoms with van der Waals surface area (Å²) in [6.07, 6.45) is 0.980. The predicted molar refractivity (Wildman–Crippen MR) is 65.6 cm³/mol. The van der Waals surface area contributed by atoms with Crippen LogP contribution in [0.1, 0.15) is 18.4 Å². The molecule has 0 unspecified atom stereocenters. The van der Waals surface area contributed by atoms with Crippen molar-refractivity contribution in [1.82, 2.24) is 10.6 Å². The second-order valence-electron chi connectivity index (χ2n) is 4.56. The van der Waals surface area contributed by atoms with Crippen LogP contribution in [0.5, 0.6) is 11.5 Å². The Morgan fingerprint density at radius 3 is 3.00 bits per heavy atom. The molecular weight excluding hydrogens is 248 g/mol. The third kappa shape index (κ3) is 2.47. The van der Waals surface area contributed by atoms with Gasteiger partial charge in [-0.3, -0.25) is 9.59 Å². The van der Waals surface area contributed by atoms with Gasteiger partial charge in [-0.15, -0.1) is 0 Å². The number of benzene rings is 1. The molecule has 100 valence electrons. The Morgan fingerprint density at radius 1 is 1.37 bits per heavy atom. The van der Waals surface area contributed by atoms with E-state index in [-0.39, 0.29) is 18.6 Å². The molecule has 0 saturated carbocycles. The lowest BCUT2D eigenvalue weighted by Gasteiger charge is -2.11. The highest BCUT2D eigenvalue weighted by atomic mass is 16.7. The molecule has 0 spiro atoms. The van der Waals surface area contributed by atoms with Crippen LogP contribution in [0.4, 0.5) is 0 Å². The van der Waals surface area contributed by atoms with Crippen molar-refractivity contribution >= 4 is 11.8 Å². The number of rotatable bonds is 3. The Bertz CT molecular complexity index is 529. The molecule has 2 aliphatic heterocycles. The summed E-state index contributed by atoms with van der Waals surface area (Å²) in [5.74, 6) is 1.20. The Labute approximate surface area is 110 Å². The monoisotopic (exact) mass is 262 g/mol. The minimum Gasteiger partial charge on any atom is -0.454 e. The summed E-state index contributed by atoms with van der Waals surface area (Å²) in [5, 5.41) is 5.44. The zero-order valence-electron chi connectivity index (χ0n) is 10.3. The molecule has 0 bridgehead atoms. The molecule has 0 radical (unpaired) electrons. The van der Waals surface area contributed by atoms with E-state index in [0.717, 1.165) is 11.3 Å². The quantitative estimate of drug-likeness (QED) is 0.822. The fraction of sp³-hybridized carbons (Fsp3) is 0.385. The van der Waals surface area contributed by atoms with Gasteiger partial charge in [0.15, 0.2) is 11.5 Å². The topological polar surface area (TPSA) is 76.7 Å². The summed E-state index contributed by atoms with van der Waals surface area (Å²) in [6, 6.07) is 5.14. The molecule has 0 aromatic heterocycles. The zero-order valence-corrected chi connectivity index (χ0v) is 10.3. The number of hydrogen-bond acceptors (Lipinski definition) is 4. The Balaban J connectivity index is 1.57. The van der Waals surface area contributed by atoms with E-state index in [1.165, 1.54) is 0 Å². The van der Waals surface area contributed by atoms with Crippen LogP contribution in [-0.2, 0) is 16.1 Å². The maximum absolute atomic E-state index is 11.8. The Hall–Kier alpha value is -2.24. The van der Waals surface area contributed by atoms with Gasteiger partial charge in [0.2, 0.25) is 18.6 Å². The van der Waals surface area contributed by atoms with Crippen molar-refractivity contribution in [3.8, 4) is 11.5 Å². The smallest absolute Gasteiger partial charge is 0.242 e. The van der Waals surface area contributed by atoms with Gasteiger partial charge in [-0.05, 0) is 24.1 Å². The molecule has 2 N–H and O–H groups in total. The summed E-state index contributed by atoms with van der Waals surface area (Å²) >= 11 is 0. The van der Waals surface area contributed by atoms with Crippen molar-refractivity contribution in [3.63, 3.8) is 0 Å². The average molecular weight is 262 g/mol. The highest BCUT2D eigenvalue weighted by Gasteiger charge is 2.26. The van der Waals surface area contributed by atoms with E-state index < -0.39 is 6.04 Å². The van der Waals surface area contributed by atoms with Gasteiger partial charge in [0.05, 0.1) is 0 Å². The van der Waals surface area contributed by atoms with Crippen molar-refractivity contribution in [2.24, 2.45) is 0 Å². The average Bonchev–Trinajstić information content (AvgIpc) is 3.03. The normalized spacial score (nSPS) is 20.2. The molecule has 6 heteroatoms. The van der Waals surface area contributed by atoms with Crippen LogP contribution in [-0.4, -0.2) is 24.6 Å². The van der Waals surface area contributed by atoms with Crippen LogP contribution in [0, 0.1) is 0 Å². The summed E-state index contributed by atoms with van der Waals surface area (Å²) in [4.78, 5) is 22.9. The van der Waals surface area contributed by atoms with Crippen LogP contribution >= 0.6 is 0 Å². The van der Waals surface area contributed by atoms with Gasteiger partial charge in [0, 0.05) is 13.0 Å². The fourth-order valence-electron chi connectivity index (χ4n) is 2.17. The molecule has 2 amide bonds. The molecule has 3 rings (SSSR count). The van der Waals surface area contributed by atoms with Crippen molar-refractivity contribution in [3.05, 3.63) is 23.8 Å². The summed E-state index contributed by atoms with van der Waals surface area (Å²) in [5.41, 5.74) is 0.932. The highest BCUT2D eigenvalue weighted by Crippen LogP contribution is 2.32. The van der Waals surface area contributed by atoms with Gasteiger partial charge < -0.3 is 20.1 Å². The molecule has 1 aromatic carbocycles. The van der Waals surface area contributed by atoms with Crippen LogP contribution < -0.4 is 20.1 Å². The Kier molecular flexibility index (Phi) is 2.98. The second-order valence-corrected chi connectivity index (χ2v) is 4.56. The van der Waals surface area contributed by atoms with Crippen molar-refractivity contribution < 1.29 is 19.1 Å². The number of hydrogen-bond donors (Lipinski definition) is 2. The van der Waals surface area contributed by atoms with Gasteiger partial charge in [-0.1, -0.05) is 6.07 Å². The number of carbonyl (C=O) groups excluding carboxylic acids is 2. The maximum atomic E-state index is 11.8. The first-order valence-electron chi connectivity index (χ1n) is 6.18. The van der Waals surface area contributed by atoms with E-state index in [4.69, 9.17) is 9.47 Å². The summed E-state index contributed by atoms with van der Waals surface area (Å²) in [7, 11) is 0. The maximum Gasteiger partial charge on any atom is 0.242 e. The van der Waals surface area contributed by atoms with Crippen LogP contribution in [0.15, 0.2) is 18.2 Å². The highest BCUT2D eigenvalue weighted by molar-refractivity contribution is 5.90. The number of nitrogens with one attached hydrogen (secondary N) is 2. The summed E-state index contributed by atoms with van der Waals surface area (Å²) in [6.45, 7) is 0.640. The van der Waals surface area contributed by atoms with E-state index in [2.05, 4.69) is 10.6 Å². The van der Waals surface area contributed by atoms with Gasteiger partial charge in [0.1, 0.15) is 6.04 Å². The number of fused-ring (bicyclic) bond motifs is 1. The number of ether oxygens (including phenoxy) is 2. The molecule has 1 fully saturated rings. The van der Waals surface area contributed by atoms with E-state index >= 15 is 0 Å². The van der Waals surface area contributed by atoms with Crippen LogP contribution in [0.25, 0.3) is 0 Å². The minimum absolute atomic E-state index is 0.0665. The predicted octanol–water partition coefficient (Wildman–Crippen LogP) is 0.310. The third-order valence-corrected chi connectivity index (χ3v) is 3.22. The first-order valence-corrected chi connectivity index (χ1v) is 6.18. The van der Waals surface area contributed by atoms with Gasteiger partial charge in [-0.25, -0.2) is 0 Å². The lowest BCUT2D eigenvalue weighted by Crippen LogP contribution is -2.41. The lowest BCUT2D eigenvalue weighted by atomic mass is 10.2. The molecule has 6 nitrogen and oxygen atoms in total. The van der Waals surface area contributed by atoms with E-state index in [1.807, 2.05) is 18.2 Å². The van der Waals surface area contributed by atoms with Crippen molar-refractivity contribution in [2.45, 2.75) is 25.4 Å². The molecule has 19 heavy (non-hydrogen) atoms. The second kappa shape index (κ2) is 4.79. The van der Waals surface area contributed by atoms with Crippen LogP contribution in [0.3, 0.4) is 0 Å². The van der Waals surface area contributed by atoms with E-state index in [1.54, 1.807) is 0 Å². The molecule has 2 aliphatic rings. The van der Waals surface area contributed by atoms with Crippen molar-refractivity contribution in [2.75, 3.05) is 6.79 Å². The van der Waals surface area contributed by atoms with Crippen LogP contribution in [0.2, 0.25) is 0 Å². The van der Waals surface area contributed by atoms with Crippen molar-refractivity contribution in [1.29, 1.82) is 0 Å². The first-order chi connectivity index (χ1) is 9.22. The fourth-order valence-corrected chi connectivity index (χ4v) is 2.17. The van der Waals surface area contributed by atoms with Gasteiger partial charge >= 0.3 is 0 Å². The van der Waals surface area contributed by atoms with E-state index in [0.29, 0.717) is 25.1 Å². The molecular formula is C13H14N2O4. The molecule has 2 heterocycles.